The molecule has 2 aliphatic rings. The van der Waals surface area contributed by atoms with Crippen LogP contribution in [0.2, 0.25) is 0 Å². The third-order valence-electron chi connectivity index (χ3n) is 4.59. The Morgan fingerprint density at radius 1 is 1.40 bits per heavy atom. The highest BCUT2D eigenvalue weighted by Gasteiger charge is 2.30. The number of hydrogen-bond acceptors (Lipinski definition) is 7. The Kier molecular flexibility index (Phi) is 4.36. The lowest BCUT2D eigenvalue weighted by molar-refractivity contribution is -0.128. The average molecular weight is 360 g/mol. The van der Waals surface area contributed by atoms with Crippen LogP contribution in [0.15, 0.2) is 29.7 Å². The van der Waals surface area contributed by atoms with E-state index >= 15 is 0 Å². The maximum absolute atomic E-state index is 12.8. The largest absolute Gasteiger partial charge is 0.391 e. The minimum Gasteiger partial charge on any atom is -0.391 e. The molecule has 0 unspecified atom stereocenters. The highest BCUT2D eigenvalue weighted by Crippen LogP contribution is 2.30. The molecule has 1 fully saturated rings. The number of nitrogens with two attached hydrogens (primary N) is 1. The lowest BCUT2D eigenvalue weighted by Crippen LogP contribution is -2.53. The highest BCUT2D eigenvalue weighted by atomic mass is 32.2. The number of hydrogen-bond donors (Lipinski definition) is 3. The van der Waals surface area contributed by atoms with E-state index in [4.69, 9.17) is 5.73 Å². The molecule has 4 N–H and O–H groups in total. The summed E-state index contributed by atoms with van der Waals surface area (Å²) in [6.45, 7) is 1.69. The van der Waals surface area contributed by atoms with Gasteiger partial charge in [-0.15, -0.1) is 11.8 Å². The second kappa shape index (κ2) is 6.66. The summed E-state index contributed by atoms with van der Waals surface area (Å²) in [4.78, 5) is 28.9. The van der Waals surface area contributed by atoms with Crippen molar-refractivity contribution < 1.29 is 9.90 Å². The summed E-state index contributed by atoms with van der Waals surface area (Å²) < 4.78 is 0. The Balaban J connectivity index is 1.58. The molecule has 2 atom stereocenters. The number of aromatic amines is 1. The van der Waals surface area contributed by atoms with Crippen LogP contribution in [0.5, 0.6) is 0 Å². The number of likely N-dealkylation sites (tertiary alicyclic amines) is 1. The topological polar surface area (TPSA) is 111 Å². The first-order valence-corrected chi connectivity index (χ1v) is 9.24. The highest BCUT2D eigenvalue weighted by molar-refractivity contribution is 8.04. The third-order valence-corrected chi connectivity index (χ3v) is 5.56. The van der Waals surface area contributed by atoms with Gasteiger partial charge in [0.1, 0.15) is 17.8 Å². The number of fused-ring (bicyclic) bond motifs is 1. The standard InChI is InChI=1S/C16H20N6O2S/c17-11-7-22(4-2-12(11)23)16(24)13-8-21(5-6-25-13)15-10-1-3-18-14(10)19-9-20-15/h1,3,8-9,11-12,23H,2,4-7,17H2,(H,18,19,20)/t11-,12-/m0/s1. The molecule has 4 heterocycles. The molecule has 2 aromatic rings. The Morgan fingerprint density at radius 3 is 3.12 bits per heavy atom. The van der Waals surface area contributed by atoms with E-state index in [0.717, 1.165) is 29.1 Å². The van der Waals surface area contributed by atoms with Gasteiger partial charge in [-0.05, 0) is 12.5 Å². The zero-order chi connectivity index (χ0) is 17.4. The number of H-pyrrole nitrogens is 1. The van der Waals surface area contributed by atoms with Gasteiger partial charge < -0.3 is 25.6 Å². The molecule has 132 valence electrons. The molecule has 1 saturated heterocycles. The number of piperidine rings is 1. The van der Waals surface area contributed by atoms with Crippen LogP contribution in [0.25, 0.3) is 11.0 Å². The van der Waals surface area contributed by atoms with Gasteiger partial charge in [0.05, 0.1) is 16.4 Å². The lowest BCUT2D eigenvalue weighted by atomic mass is 10.0. The molecule has 2 aliphatic heterocycles. The molecule has 4 rings (SSSR count). The minimum atomic E-state index is -0.531. The van der Waals surface area contributed by atoms with Crippen LogP contribution in [-0.2, 0) is 4.79 Å². The van der Waals surface area contributed by atoms with Crippen LogP contribution in [0, 0.1) is 0 Å². The molecule has 0 saturated carbocycles. The number of aromatic nitrogens is 3. The number of nitrogens with zero attached hydrogens (tertiary/aromatic N) is 4. The summed E-state index contributed by atoms with van der Waals surface area (Å²) in [6, 6.07) is 1.55. The van der Waals surface area contributed by atoms with Crippen molar-refractivity contribution >= 4 is 34.5 Å². The molecule has 0 aliphatic carbocycles. The van der Waals surface area contributed by atoms with Gasteiger partial charge >= 0.3 is 0 Å². The van der Waals surface area contributed by atoms with Gasteiger partial charge in [0.2, 0.25) is 0 Å². The zero-order valence-electron chi connectivity index (χ0n) is 13.6. The first-order valence-electron chi connectivity index (χ1n) is 8.26. The fraction of sp³-hybridized carbons (Fsp3) is 0.438. The van der Waals surface area contributed by atoms with Crippen molar-refractivity contribution in [1.82, 2.24) is 19.9 Å². The number of aliphatic hydroxyl groups is 1. The molecular weight excluding hydrogens is 340 g/mol. The zero-order valence-corrected chi connectivity index (χ0v) is 14.4. The molecule has 0 aromatic carbocycles. The maximum atomic E-state index is 12.8. The number of carbonyl (C=O) groups is 1. The molecule has 2 aromatic heterocycles. The van der Waals surface area contributed by atoms with Crippen molar-refractivity contribution in [3.05, 3.63) is 29.7 Å². The number of amides is 1. The van der Waals surface area contributed by atoms with E-state index in [1.807, 2.05) is 23.4 Å². The van der Waals surface area contributed by atoms with Gasteiger partial charge in [-0.25, -0.2) is 9.97 Å². The second-order valence-electron chi connectivity index (χ2n) is 6.24. The fourth-order valence-electron chi connectivity index (χ4n) is 3.18. The Bertz CT molecular complexity index is 822. The van der Waals surface area contributed by atoms with Gasteiger partial charge in [0.15, 0.2) is 0 Å². The monoisotopic (exact) mass is 360 g/mol. The fourth-order valence-corrected chi connectivity index (χ4v) is 4.14. The van der Waals surface area contributed by atoms with Crippen LogP contribution in [0.1, 0.15) is 6.42 Å². The molecule has 9 heteroatoms. The van der Waals surface area contributed by atoms with Crippen molar-refractivity contribution in [3.8, 4) is 0 Å². The second-order valence-corrected chi connectivity index (χ2v) is 7.38. The first-order chi connectivity index (χ1) is 12.1. The minimum absolute atomic E-state index is 0.0311. The van der Waals surface area contributed by atoms with Crippen molar-refractivity contribution in [2.24, 2.45) is 5.73 Å². The van der Waals surface area contributed by atoms with E-state index in [1.54, 1.807) is 16.7 Å². The summed E-state index contributed by atoms with van der Waals surface area (Å²) in [6.07, 6.45) is 5.21. The van der Waals surface area contributed by atoms with Crippen molar-refractivity contribution in [3.63, 3.8) is 0 Å². The normalized spacial score (nSPS) is 24.5. The molecular formula is C16H20N6O2S. The summed E-state index contributed by atoms with van der Waals surface area (Å²) in [5.74, 6) is 1.56. The van der Waals surface area contributed by atoms with E-state index in [9.17, 15) is 9.90 Å². The Morgan fingerprint density at radius 2 is 2.28 bits per heavy atom. The summed E-state index contributed by atoms with van der Waals surface area (Å²) in [5.41, 5.74) is 6.68. The van der Waals surface area contributed by atoms with Crippen LogP contribution >= 0.6 is 11.8 Å². The van der Waals surface area contributed by atoms with Gasteiger partial charge in [0, 0.05) is 43.8 Å². The summed E-state index contributed by atoms with van der Waals surface area (Å²) in [7, 11) is 0. The van der Waals surface area contributed by atoms with Crippen LogP contribution in [0.4, 0.5) is 5.82 Å². The first kappa shape index (κ1) is 16.4. The van der Waals surface area contributed by atoms with Crippen molar-refractivity contribution in [2.75, 3.05) is 30.3 Å². The number of rotatable bonds is 2. The molecule has 0 spiro atoms. The average Bonchev–Trinajstić information content (AvgIpc) is 3.12. The van der Waals surface area contributed by atoms with E-state index in [0.29, 0.717) is 24.4 Å². The van der Waals surface area contributed by atoms with Gasteiger partial charge in [-0.3, -0.25) is 4.79 Å². The third kappa shape index (κ3) is 3.10. The van der Waals surface area contributed by atoms with Crippen LogP contribution in [0.3, 0.4) is 0 Å². The van der Waals surface area contributed by atoms with Gasteiger partial charge in [-0.2, -0.15) is 0 Å². The van der Waals surface area contributed by atoms with Gasteiger partial charge in [0.25, 0.3) is 5.91 Å². The number of nitrogens with one attached hydrogen (secondary N) is 1. The van der Waals surface area contributed by atoms with E-state index in [-0.39, 0.29) is 11.9 Å². The SMILES string of the molecule is N[C@H]1CN(C(=O)C2=CN(c3ncnc4[nH]ccc34)CCS2)CC[C@@H]1O. The predicted octanol–water partition coefficient (Wildman–Crippen LogP) is 0.273. The van der Waals surface area contributed by atoms with E-state index < -0.39 is 6.10 Å². The van der Waals surface area contributed by atoms with Crippen LogP contribution in [-0.4, -0.2) is 68.4 Å². The number of anilines is 1. The molecule has 1 amide bonds. The number of aliphatic hydroxyl groups excluding tert-OH is 1. The maximum Gasteiger partial charge on any atom is 0.261 e. The van der Waals surface area contributed by atoms with Crippen LogP contribution < -0.4 is 10.6 Å². The van der Waals surface area contributed by atoms with E-state index in [2.05, 4.69) is 15.0 Å². The smallest absolute Gasteiger partial charge is 0.261 e. The predicted molar refractivity (Wildman–Crippen MR) is 97.0 cm³/mol. The van der Waals surface area contributed by atoms with Crippen molar-refractivity contribution in [1.29, 1.82) is 0 Å². The molecule has 25 heavy (non-hydrogen) atoms. The molecule has 0 radical (unpaired) electrons. The molecule has 8 nitrogen and oxygen atoms in total. The van der Waals surface area contributed by atoms with E-state index in [1.165, 1.54) is 6.33 Å². The summed E-state index contributed by atoms with van der Waals surface area (Å²) >= 11 is 1.55. The summed E-state index contributed by atoms with van der Waals surface area (Å²) in [5, 5.41) is 10.7. The van der Waals surface area contributed by atoms with Gasteiger partial charge in [-0.1, -0.05) is 0 Å². The number of thioether (sulfide) groups is 1. The quantitative estimate of drug-likeness (QED) is 0.705. The Labute approximate surface area is 149 Å². The molecule has 0 bridgehead atoms. The van der Waals surface area contributed by atoms with Crippen molar-refractivity contribution in [2.45, 2.75) is 18.6 Å². The Hall–Kier alpha value is -2.10. The number of carbonyl (C=O) groups excluding carboxylic acids is 1. The lowest BCUT2D eigenvalue weighted by Gasteiger charge is -2.35.